The normalized spacial score (nSPS) is 10.5. The first kappa shape index (κ1) is 21.2. The number of hydrogen-bond donors (Lipinski definition) is 0. The summed E-state index contributed by atoms with van der Waals surface area (Å²) in [6.45, 7) is 5.50. The van der Waals surface area contributed by atoms with Gasteiger partial charge in [0, 0.05) is 6.61 Å². The van der Waals surface area contributed by atoms with Crippen LogP contribution in [0, 0.1) is 0 Å². The summed E-state index contributed by atoms with van der Waals surface area (Å²) in [5.41, 5.74) is 0.474. The van der Waals surface area contributed by atoms with E-state index in [1.165, 1.54) is 19.3 Å². The maximum atomic E-state index is 12.2. The lowest BCUT2D eigenvalue weighted by Gasteiger charge is -2.10. The number of unbranched alkanes of at least 4 members (excludes halogenated alkanes) is 5. The number of hydrogen-bond acceptors (Lipinski definition) is 5. The van der Waals surface area contributed by atoms with Crippen LogP contribution < -0.4 is 0 Å². The molecule has 0 radical (unpaired) electrons. The van der Waals surface area contributed by atoms with Gasteiger partial charge in [-0.25, -0.2) is 9.59 Å². The summed E-state index contributed by atoms with van der Waals surface area (Å²) in [5, 5.41) is 0. The van der Waals surface area contributed by atoms with Crippen molar-refractivity contribution in [3.63, 3.8) is 0 Å². The summed E-state index contributed by atoms with van der Waals surface area (Å²) >= 11 is 0. The molecule has 5 nitrogen and oxygen atoms in total. The zero-order chi connectivity index (χ0) is 18.3. The van der Waals surface area contributed by atoms with Crippen LogP contribution in [0.2, 0.25) is 0 Å². The fourth-order valence-corrected chi connectivity index (χ4v) is 2.38. The van der Waals surface area contributed by atoms with Gasteiger partial charge in [0.15, 0.2) is 0 Å². The summed E-state index contributed by atoms with van der Waals surface area (Å²) in [5.74, 6) is -1.02. The predicted molar refractivity (Wildman–Crippen MR) is 96.9 cm³/mol. The molecule has 0 aliphatic heterocycles. The van der Waals surface area contributed by atoms with Crippen LogP contribution >= 0.6 is 0 Å². The molecule has 1 aromatic rings. The Balaban J connectivity index is 2.43. The second-order valence-electron chi connectivity index (χ2n) is 5.78. The molecule has 0 amide bonds. The van der Waals surface area contributed by atoms with Crippen LogP contribution in [0.5, 0.6) is 0 Å². The minimum atomic E-state index is -0.535. The summed E-state index contributed by atoms with van der Waals surface area (Å²) in [6, 6.07) is 6.56. The molecule has 0 bridgehead atoms. The molecule has 25 heavy (non-hydrogen) atoms. The summed E-state index contributed by atoms with van der Waals surface area (Å²) < 4.78 is 15.6. The Labute approximate surface area is 150 Å². The van der Waals surface area contributed by atoms with E-state index >= 15 is 0 Å². The first-order chi connectivity index (χ1) is 12.2. The van der Waals surface area contributed by atoms with E-state index in [2.05, 4.69) is 6.92 Å². The Hall–Kier alpha value is -1.88. The first-order valence-electron chi connectivity index (χ1n) is 9.21. The van der Waals surface area contributed by atoms with E-state index in [1.807, 2.05) is 6.92 Å². The van der Waals surface area contributed by atoms with Gasteiger partial charge < -0.3 is 14.2 Å². The second-order valence-corrected chi connectivity index (χ2v) is 5.78. The molecule has 0 aromatic heterocycles. The van der Waals surface area contributed by atoms with Crippen LogP contribution in [0.3, 0.4) is 0 Å². The average molecular weight is 350 g/mol. The number of rotatable bonds is 13. The molecule has 0 unspecified atom stereocenters. The zero-order valence-electron chi connectivity index (χ0n) is 15.4. The number of carbonyl (C=O) groups is 2. The topological polar surface area (TPSA) is 61.8 Å². The fourth-order valence-electron chi connectivity index (χ4n) is 2.38. The Kier molecular flexibility index (Phi) is 11.4. The molecule has 1 rings (SSSR count). The summed E-state index contributed by atoms with van der Waals surface area (Å²) in [4.78, 5) is 24.4. The molecule has 140 valence electrons. The minimum absolute atomic E-state index is 0.161. The quantitative estimate of drug-likeness (QED) is 0.390. The molecule has 0 saturated carbocycles. The van der Waals surface area contributed by atoms with Crippen molar-refractivity contribution in [1.82, 2.24) is 0 Å². The monoisotopic (exact) mass is 350 g/mol. The van der Waals surface area contributed by atoms with Crippen LogP contribution in [0.1, 0.15) is 73.1 Å². The molecule has 0 fully saturated rings. The van der Waals surface area contributed by atoms with Gasteiger partial charge in [-0.05, 0) is 25.5 Å². The van der Waals surface area contributed by atoms with Crippen molar-refractivity contribution >= 4 is 11.9 Å². The van der Waals surface area contributed by atoms with Gasteiger partial charge in [0.2, 0.25) is 0 Å². The fraction of sp³-hybridized carbons (Fsp3) is 0.600. The number of benzene rings is 1. The van der Waals surface area contributed by atoms with Gasteiger partial charge in [-0.1, -0.05) is 51.2 Å². The van der Waals surface area contributed by atoms with E-state index < -0.39 is 11.9 Å². The highest BCUT2D eigenvalue weighted by Crippen LogP contribution is 2.13. The molecule has 0 spiro atoms. The third kappa shape index (κ3) is 8.68. The molecule has 5 heteroatoms. The smallest absolute Gasteiger partial charge is 0.339 e. The Bertz CT molecular complexity index is 513. The maximum Gasteiger partial charge on any atom is 0.339 e. The molecule has 0 aliphatic rings. The molecule has 0 atom stereocenters. The van der Waals surface area contributed by atoms with Gasteiger partial charge in [0.05, 0.1) is 24.3 Å². The molecular weight excluding hydrogens is 320 g/mol. The van der Waals surface area contributed by atoms with E-state index in [4.69, 9.17) is 14.2 Å². The molecule has 0 saturated heterocycles. The molecular formula is C20H30O5. The van der Waals surface area contributed by atoms with Crippen molar-refractivity contribution in [2.24, 2.45) is 0 Å². The molecule has 0 heterocycles. The lowest BCUT2D eigenvalue weighted by Crippen LogP contribution is -2.16. The summed E-state index contributed by atoms with van der Waals surface area (Å²) in [7, 11) is 0. The molecule has 0 N–H and O–H groups in total. The predicted octanol–water partition coefficient (Wildman–Crippen LogP) is 4.40. The minimum Gasteiger partial charge on any atom is -0.462 e. The first-order valence-corrected chi connectivity index (χ1v) is 9.21. The van der Waals surface area contributed by atoms with Crippen LogP contribution in [-0.4, -0.2) is 38.4 Å². The van der Waals surface area contributed by atoms with Gasteiger partial charge in [-0.3, -0.25) is 0 Å². The van der Waals surface area contributed by atoms with Crippen LogP contribution in [-0.2, 0) is 14.2 Å². The van der Waals surface area contributed by atoms with Gasteiger partial charge in [-0.15, -0.1) is 0 Å². The van der Waals surface area contributed by atoms with Crippen LogP contribution in [0.4, 0.5) is 0 Å². The summed E-state index contributed by atoms with van der Waals surface area (Å²) in [6.07, 6.45) is 6.74. The van der Waals surface area contributed by atoms with Crippen LogP contribution in [0.15, 0.2) is 24.3 Å². The van der Waals surface area contributed by atoms with E-state index in [0.717, 1.165) is 19.3 Å². The number of esters is 2. The van der Waals surface area contributed by atoms with Crippen molar-refractivity contribution < 1.29 is 23.8 Å². The average Bonchev–Trinajstić information content (AvgIpc) is 2.64. The molecule has 1 aromatic carbocycles. The van der Waals surface area contributed by atoms with Gasteiger partial charge in [0.1, 0.15) is 6.61 Å². The third-order valence-electron chi connectivity index (χ3n) is 3.76. The Morgan fingerprint density at radius 1 is 0.760 bits per heavy atom. The van der Waals surface area contributed by atoms with Gasteiger partial charge >= 0.3 is 11.9 Å². The van der Waals surface area contributed by atoms with E-state index in [-0.39, 0.29) is 17.7 Å². The van der Waals surface area contributed by atoms with Gasteiger partial charge in [-0.2, -0.15) is 0 Å². The highest BCUT2D eigenvalue weighted by atomic mass is 16.6. The van der Waals surface area contributed by atoms with Crippen molar-refractivity contribution in [2.75, 3.05) is 26.4 Å². The van der Waals surface area contributed by atoms with Crippen molar-refractivity contribution in [3.05, 3.63) is 35.4 Å². The lowest BCUT2D eigenvalue weighted by molar-refractivity contribution is 0.0325. The van der Waals surface area contributed by atoms with Crippen molar-refractivity contribution in [3.8, 4) is 0 Å². The SMILES string of the molecule is CCCCCCCCOC(=O)c1ccccc1C(=O)OCCOCC. The third-order valence-corrected chi connectivity index (χ3v) is 3.76. The Morgan fingerprint density at radius 3 is 1.92 bits per heavy atom. The highest BCUT2D eigenvalue weighted by molar-refractivity contribution is 6.03. The van der Waals surface area contributed by atoms with Crippen molar-refractivity contribution in [1.29, 1.82) is 0 Å². The van der Waals surface area contributed by atoms with Crippen molar-refractivity contribution in [2.45, 2.75) is 52.4 Å². The van der Waals surface area contributed by atoms with Crippen LogP contribution in [0.25, 0.3) is 0 Å². The lowest BCUT2D eigenvalue weighted by atomic mass is 10.1. The van der Waals surface area contributed by atoms with E-state index in [0.29, 0.717) is 19.8 Å². The standard InChI is InChI=1S/C20H30O5/c1-3-5-6-7-8-11-14-24-19(21)17-12-9-10-13-18(17)20(22)25-16-15-23-4-2/h9-10,12-13H,3-8,11,14-16H2,1-2H3. The highest BCUT2D eigenvalue weighted by Gasteiger charge is 2.18. The van der Waals surface area contributed by atoms with E-state index in [1.54, 1.807) is 24.3 Å². The van der Waals surface area contributed by atoms with Gasteiger partial charge in [0.25, 0.3) is 0 Å². The number of ether oxygens (including phenoxy) is 3. The zero-order valence-corrected chi connectivity index (χ0v) is 15.4. The molecule has 0 aliphatic carbocycles. The Morgan fingerprint density at radius 2 is 1.32 bits per heavy atom. The second kappa shape index (κ2) is 13.4. The number of carbonyl (C=O) groups excluding carboxylic acids is 2. The van der Waals surface area contributed by atoms with E-state index in [9.17, 15) is 9.59 Å². The largest absolute Gasteiger partial charge is 0.462 e. The maximum absolute atomic E-state index is 12.2.